The van der Waals surface area contributed by atoms with Crippen LogP contribution in [-0.2, 0) is 12.0 Å². The van der Waals surface area contributed by atoms with Crippen molar-refractivity contribution < 1.29 is 0 Å². The predicted octanol–water partition coefficient (Wildman–Crippen LogP) is 3.33. The molecule has 0 bridgehead atoms. The molecule has 0 fully saturated rings. The highest BCUT2D eigenvalue weighted by Gasteiger charge is 2.37. The first kappa shape index (κ1) is 15.0. The summed E-state index contributed by atoms with van der Waals surface area (Å²) in [6, 6.07) is 2.14. The summed E-state index contributed by atoms with van der Waals surface area (Å²) in [7, 11) is 0. The molecule has 1 atom stereocenters. The Labute approximate surface area is 115 Å². The van der Waals surface area contributed by atoms with Crippen molar-refractivity contribution in [3.8, 4) is 6.07 Å². The van der Waals surface area contributed by atoms with E-state index in [0.717, 1.165) is 11.1 Å². The number of aromatic nitrogens is 2. The van der Waals surface area contributed by atoms with Crippen molar-refractivity contribution in [2.45, 2.75) is 51.6 Å². The first-order chi connectivity index (χ1) is 8.72. The van der Waals surface area contributed by atoms with Crippen LogP contribution in [-0.4, -0.2) is 15.3 Å². The Kier molecular flexibility index (Phi) is 4.17. The minimum absolute atomic E-state index is 0.0972. The molecule has 0 N–H and O–H groups in total. The highest BCUT2D eigenvalue weighted by atomic mass is 15.3. The third-order valence-corrected chi connectivity index (χ3v) is 2.84. The molecule has 100 valence electrons. The maximum absolute atomic E-state index is 9.32. The Balaban J connectivity index is 3.00. The zero-order valence-electron chi connectivity index (χ0n) is 12.1. The molecule has 0 radical (unpaired) electrons. The van der Waals surface area contributed by atoms with Crippen molar-refractivity contribution in [3.63, 3.8) is 0 Å². The Hall–Kier alpha value is -2.07. The fourth-order valence-electron chi connectivity index (χ4n) is 1.90. The molecule has 0 saturated heterocycles. The number of nitrogens with zero attached hydrogens (tertiary/aromatic N) is 4. The fraction of sp³-hybridized carbons (Fsp3) is 0.533. The second-order valence-electron chi connectivity index (χ2n) is 6.03. The Bertz CT molecular complexity index is 532. The van der Waals surface area contributed by atoms with Crippen LogP contribution in [0.5, 0.6) is 0 Å². The van der Waals surface area contributed by atoms with Gasteiger partial charge in [-0.3, -0.25) is 9.53 Å². The number of hydrogen-bond acceptors (Lipinski definition) is 2. The van der Waals surface area contributed by atoms with Gasteiger partial charge in [-0.2, -0.15) is 10.4 Å². The lowest BCUT2D eigenvalue weighted by Gasteiger charge is -2.19. The van der Waals surface area contributed by atoms with Gasteiger partial charge in [0.2, 0.25) is 0 Å². The zero-order chi connectivity index (χ0) is 14.7. The molecule has 4 heteroatoms. The lowest BCUT2D eigenvalue weighted by molar-refractivity contribution is 0.355. The van der Waals surface area contributed by atoms with Gasteiger partial charge in [0.1, 0.15) is 0 Å². The summed E-state index contributed by atoms with van der Waals surface area (Å²) in [5.41, 5.74) is 0.604. The smallest absolute Gasteiger partial charge is 0.293 e. The fourth-order valence-corrected chi connectivity index (χ4v) is 1.90. The molecular weight excluding hydrogens is 236 g/mol. The van der Waals surface area contributed by atoms with Crippen LogP contribution in [0.1, 0.15) is 39.7 Å². The van der Waals surface area contributed by atoms with Crippen LogP contribution >= 0.6 is 0 Å². The molecule has 0 aliphatic carbocycles. The van der Waals surface area contributed by atoms with Gasteiger partial charge in [-0.1, -0.05) is 12.2 Å². The van der Waals surface area contributed by atoms with Gasteiger partial charge in [0.05, 0.1) is 24.6 Å². The van der Waals surface area contributed by atoms with Gasteiger partial charge in [0, 0.05) is 6.20 Å². The molecule has 0 spiro atoms. The predicted molar refractivity (Wildman–Crippen MR) is 75.3 cm³/mol. The molecule has 0 amide bonds. The molecule has 1 aromatic heterocycles. The van der Waals surface area contributed by atoms with Crippen LogP contribution in [0.25, 0.3) is 4.85 Å². The van der Waals surface area contributed by atoms with Crippen molar-refractivity contribution in [1.29, 1.82) is 5.26 Å². The van der Waals surface area contributed by atoms with Gasteiger partial charge in [-0.25, -0.2) is 6.57 Å². The van der Waals surface area contributed by atoms with E-state index in [-0.39, 0.29) is 5.54 Å². The standard InChI is InChI=1S/C15H20N4/c1-12(2)7-15(11-16,17-6)8-13-9-18-19(10-13)14(3,4)5/h9-10H,1,7-8H2,2-5H3. The average molecular weight is 256 g/mol. The number of rotatable bonds is 4. The minimum Gasteiger partial charge on any atom is -0.293 e. The molecule has 1 heterocycles. The molecule has 1 aromatic rings. The zero-order valence-corrected chi connectivity index (χ0v) is 12.1. The summed E-state index contributed by atoms with van der Waals surface area (Å²) in [5.74, 6) is 0. The van der Waals surface area contributed by atoms with Crippen molar-refractivity contribution in [1.82, 2.24) is 9.78 Å². The minimum atomic E-state index is -1.06. The Morgan fingerprint density at radius 1 is 1.58 bits per heavy atom. The molecule has 0 saturated carbocycles. The molecule has 4 nitrogen and oxygen atoms in total. The van der Waals surface area contributed by atoms with Crippen molar-refractivity contribution in [3.05, 3.63) is 41.5 Å². The quantitative estimate of drug-likeness (QED) is 0.612. The molecule has 0 aliphatic heterocycles. The maximum Gasteiger partial charge on any atom is 0.323 e. The van der Waals surface area contributed by atoms with Crippen molar-refractivity contribution in [2.24, 2.45) is 0 Å². The number of hydrogen-bond donors (Lipinski definition) is 0. The molecular formula is C15H20N4. The van der Waals surface area contributed by atoms with Crippen LogP contribution < -0.4 is 0 Å². The summed E-state index contributed by atoms with van der Waals surface area (Å²) in [5, 5.41) is 13.6. The van der Waals surface area contributed by atoms with Gasteiger partial charge in [-0.05, 0) is 33.3 Å². The van der Waals surface area contributed by atoms with E-state index in [2.05, 4.69) is 43.4 Å². The highest BCUT2D eigenvalue weighted by molar-refractivity contribution is 5.26. The SMILES string of the molecule is [C-]#[N+]C(C#N)(CC(=C)C)Cc1cnn(C(C)(C)C)c1. The number of nitriles is 1. The molecule has 1 rings (SSSR count). The summed E-state index contributed by atoms with van der Waals surface area (Å²) in [6.45, 7) is 19.1. The van der Waals surface area contributed by atoms with E-state index < -0.39 is 5.54 Å². The lowest BCUT2D eigenvalue weighted by atomic mass is 9.88. The Morgan fingerprint density at radius 3 is 2.58 bits per heavy atom. The van der Waals surface area contributed by atoms with Crippen LogP contribution in [0.2, 0.25) is 0 Å². The first-order valence-corrected chi connectivity index (χ1v) is 6.21. The summed E-state index contributed by atoms with van der Waals surface area (Å²) < 4.78 is 1.86. The van der Waals surface area contributed by atoms with Gasteiger partial charge in [0.15, 0.2) is 6.07 Å². The molecule has 1 unspecified atom stereocenters. The van der Waals surface area contributed by atoms with Crippen LogP contribution in [0, 0.1) is 17.9 Å². The van der Waals surface area contributed by atoms with Gasteiger partial charge < -0.3 is 0 Å². The van der Waals surface area contributed by atoms with E-state index in [1.165, 1.54) is 0 Å². The molecule has 19 heavy (non-hydrogen) atoms. The summed E-state index contributed by atoms with van der Waals surface area (Å²) in [4.78, 5) is 3.54. The third-order valence-electron chi connectivity index (χ3n) is 2.84. The van der Waals surface area contributed by atoms with E-state index >= 15 is 0 Å². The summed E-state index contributed by atoms with van der Waals surface area (Å²) in [6.07, 6.45) is 4.43. The second-order valence-corrected chi connectivity index (χ2v) is 6.03. The average Bonchev–Trinajstić information content (AvgIpc) is 2.75. The second kappa shape index (κ2) is 5.28. The van der Waals surface area contributed by atoms with Gasteiger partial charge >= 0.3 is 5.54 Å². The monoisotopic (exact) mass is 256 g/mol. The largest absolute Gasteiger partial charge is 0.323 e. The first-order valence-electron chi connectivity index (χ1n) is 6.21. The maximum atomic E-state index is 9.32. The van der Waals surface area contributed by atoms with Crippen LogP contribution in [0.15, 0.2) is 24.5 Å². The normalized spacial score (nSPS) is 14.2. The van der Waals surface area contributed by atoms with E-state index in [1.807, 2.05) is 17.8 Å². The highest BCUT2D eigenvalue weighted by Crippen LogP contribution is 2.25. The third kappa shape index (κ3) is 3.69. The molecule has 0 aromatic carbocycles. The van der Waals surface area contributed by atoms with Crippen molar-refractivity contribution >= 4 is 0 Å². The summed E-state index contributed by atoms with van der Waals surface area (Å²) >= 11 is 0. The van der Waals surface area contributed by atoms with E-state index in [4.69, 9.17) is 6.57 Å². The van der Waals surface area contributed by atoms with E-state index in [1.54, 1.807) is 6.20 Å². The van der Waals surface area contributed by atoms with Crippen LogP contribution in [0.3, 0.4) is 0 Å². The molecule has 0 aliphatic rings. The van der Waals surface area contributed by atoms with E-state index in [9.17, 15) is 5.26 Å². The Morgan fingerprint density at radius 2 is 2.21 bits per heavy atom. The topological polar surface area (TPSA) is 46.0 Å². The lowest BCUT2D eigenvalue weighted by Crippen LogP contribution is -2.26. The van der Waals surface area contributed by atoms with E-state index in [0.29, 0.717) is 12.8 Å². The van der Waals surface area contributed by atoms with Crippen molar-refractivity contribution in [2.75, 3.05) is 0 Å². The van der Waals surface area contributed by atoms with Crippen LogP contribution in [0.4, 0.5) is 0 Å². The van der Waals surface area contributed by atoms with Gasteiger partial charge in [-0.15, -0.1) is 0 Å². The van der Waals surface area contributed by atoms with Gasteiger partial charge in [0.25, 0.3) is 0 Å².